The largest absolute Gasteiger partial charge is 0.351 e. The summed E-state index contributed by atoms with van der Waals surface area (Å²) in [4.78, 5) is 11.3. The lowest BCUT2D eigenvalue weighted by Gasteiger charge is -2.01. The number of carbonyl (C=O) groups is 1. The molecule has 1 amide bonds. The van der Waals surface area contributed by atoms with Crippen molar-refractivity contribution in [1.29, 1.82) is 0 Å². The maximum atomic E-state index is 11.3. The highest BCUT2D eigenvalue weighted by molar-refractivity contribution is 7.08. The molecule has 1 rings (SSSR count). The van der Waals surface area contributed by atoms with Gasteiger partial charge in [0.15, 0.2) is 0 Å². The summed E-state index contributed by atoms with van der Waals surface area (Å²) in [6.45, 7) is 2.94. The smallest absolute Gasteiger partial charge is 0.252 e. The number of rotatable bonds is 3. The van der Waals surface area contributed by atoms with Gasteiger partial charge in [0.25, 0.3) is 5.91 Å². The van der Waals surface area contributed by atoms with Crippen LogP contribution in [0.4, 0.5) is 0 Å². The van der Waals surface area contributed by atoms with Crippen molar-refractivity contribution < 1.29 is 4.79 Å². The van der Waals surface area contributed by atoms with Crippen LogP contribution in [-0.4, -0.2) is 19.0 Å². The van der Waals surface area contributed by atoms with E-state index < -0.39 is 0 Å². The Morgan fingerprint density at radius 1 is 1.67 bits per heavy atom. The zero-order valence-electron chi connectivity index (χ0n) is 6.96. The first-order valence-electron chi connectivity index (χ1n) is 3.76. The van der Waals surface area contributed by atoms with Gasteiger partial charge in [0.1, 0.15) is 0 Å². The molecule has 3 nitrogen and oxygen atoms in total. The molecule has 0 radical (unpaired) electrons. The number of hydrogen-bond donors (Lipinski definition) is 2. The van der Waals surface area contributed by atoms with E-state index in [9.17, 15) is 4.79 Å². The van der Waals surface area contributed by atoms with Crippen LogP contribution in [0.1, 0.15) is 15.9 Å². The molecule has 4 heteroatoms. The van der Waals surface area contributed by atoms with Crippen LogP contribution in [0.15, 0.2) is 10.8 Å². The molecule has 0 fully saturated rings. The number of nitrogens with two attached hydrogens (primary N) is 1. The van der Waals surface area contributed by atoms with Gasteiger partial charge >= 0.3 is 0 Å². The van der Waals surface area contributed by atoms with Crippen molar-refractivity contribution in [3.8, 4) is 0 Å². The number of carbonyl (C=O) groups excluding carboxylic acids is 1. The van der Waals surface area contributed by atoms with Gasteiger partial charge in [0.2, 0.25) is 0 Å². The van der Waals surface area contributed by atoms with E-state index in [2.05, 4.69) is 5.32 Å². The number of amides is 1. The van der Waals surface area contributed by atoms with E-state index in [1.54, 1.807) is 0 Å². The molecule has 1 aromatic heterocycles. The summed E-state index contributed by atoms with van der Waals surface area (Å²) in [5.41, 5.74) is 7.04. The third-order valence-electron chi connectivity index (χ3n) is 1.53. The van der Waals surface area contributed by atoms with Crippen LogP contribution in [0.5, 0.6) is 0 Å². The van der Waals surface area contributed by atoms with Gasteiger partial charge in [-0.2, -0.15) is 11.3 Å². The molecule has 1 aromatic rings. The van der Waals surface area contributed by atoms with E-state index in [1.807, 2.05) is 17.7 Å². The molecule has 0 aliphatic rings. The Balaban J connectivity index is 2.59. The normalized spacial score (nSPS) is 9.83. The van der Waals surface area contributed by atoms with Crippen molar-refractivity contribution in [2.45, 2.75) is 6.92 Å². The van der Waals surface area contributed by atoms with E-state index in [4.69, 9.17) is 5.73 Å². The molecule has 0 aromatic carbocycles. The lowest BCUT2D eigenvalue weighted by Crippen LogP contribution is -2.29. The van der Waals surface area contributed by atoms with Gasteiger partial charge in [-0.05, 0) is 17.9 Å². The predicted molar refractivity (Wildman–Crippen MR) is 50.4 cm³/mol. The minimum atomic E-state index is -0.0285. The Hall–Kier alpha value is -0.870. The fourth-order valence-electron chi connectivity index (χ4n) is 0.874. The van der Waals surface area contributed by atoms with Crippen LogP contribution in [-0.2, 0) is 0 Å². The average Bonchev–Trinajstić information content (AvgIpc) is 2.47. The number of thiophene rings is 1. The lowest BCUT2D eigenvalue weighted by molar-refractivity contribution is 0.0954. The summed E-state index contributed by atoms with van der Waals surface area (Å²) >= 11 is 1.54. The van der Waals surface area contributed by atoms with Gasteiger partial charge in [-0.15, -0.1) is 0 Å². The molecule has 1 heterocycles. The zero-order chi connectivity index (χ0) is 8.97. The molecule has 0 atom stereocenters. The maximum Gasteiger partial charge on any atom is 0.252 e. The molecule has 0 spiro atoms. The van der Waals surface area contributed by atoms with Crippen LogP contribution in [0.25, 0.3) is 0 Å². The Kier molecular flexibility index (Phi) is 3.25. The maximum absolute atomic E-state index is 11.3. The standard InChI is InChI=1S/C8H12N2OS/c1-6-4-12-5-7(6)8(11)10-3-2-9/h4-5H,2-3,9H2,1H3,(H,10,11). The average molecular weight is 184 g/mol. The predicted octanol–water partition coefficient (Wildman–Crippen LogP) is 0.745. The van der Waals surface area contributed by atoms with Crippen molar-refractivity contribution >= 4 is 17.2 Å². The molecular formula is C8H12N2OS. The summed E-state index contributed by atoms with van der Waals surface area (Å²) in [6, 6.07) is 0. The van der Waals surface area contributed by atoms with Gasteiger partial charge in [-0.1, -0.05) is 0 Å². The molecular weight excluding hydrogens is 172 g/mol. The van der Waals surface area contributed by atoms with Gasteiger partial charge in [0, 0.05) is 18.5 Å². The van der Waals surface area contributed by atoms with Gasteiger partial charge in [0.05, 0.1) is 5.56 Å². The highest BCUT2D eigenvalue weighted by Gasteiger charge is 2.07. The van der Waals surface area contributed by atoms with E-state index in [-0.39, 0.29) is 5.91 Å². The Morgan fingerprint density at radius 2 is 2.42 bits per heavy atom. The van der Waals surface area contributed by atoms with Crippen LogP contribution < -0.4 is 11.1 Å². The van der Waals surface area contributed by atoms with Gasteiger partial charge < -0.3 is 11.1 Å². The summed E-state index contributed by atoms with van der Waals surface area (Å²) in [6.07, 6.45) is 0. The number of hydrogen-bond acceptors (Lipinski definition) is 3. The Bertz CT molecular complexity index is 270. The van der Waals surface area contributed by atoms with Crippen molar-refractivity contribution in [1.82, 2.24) is 5.32 Å². The third kappa shape index (κ3) is 2.06. The highest BCUT2D eigenvalue weighted by atomic mass is 32.1. The van der Waals surface area contributed by atoms with Gasteiger partial charge in [-0.3, -0.25) is 4.79 Å². The molecule has 0 unspecified atom stereocenters. The summed E-state index contributed by atoms with van der Waals surface area (Å²) in [7, 11) is 0. The Labute approximate surface area is 75.6 Å². The van der Waals surface area contributed by atoms with Crippen LogP contribution in [0.2, 0.25) is 0 Å². The lowest BCUT2D eigenvalue weighted by atomic mass is 10.2. The second kappa shape index (κ2) is 4.23. The SMILES string of the molecule is Cc1cscc1C(=O)NCCN. The monoisotopic (exact) mass is 184 g/mol. The van der Waals surface area contributed by atoms with Crippen LogP contribution >= 0.6 is 11.3 Å². The molecule has 0 bridgehead atoms. The van der Waals surface area contributed by atoms with E-state index in [0.29, 0.717) is 13.1 Å². The second-order valence-corrected chi connectivity index (χ2v) is 3.26. The minimum absolute atomic E-state index is 0.0285. The molecule has 0 saturated carbocycles. The van der Waals surface area contributed by atoms with Crippen molar-refractivity contribution in [3.63, 3.8) is 0 Å². The first kappa shape index (κ1) is 9.22. The number of aryl methyl sites for hydroxylation is 1. The van der Waals surface area contributed by atoms with Crippen molar-refractivity contribution in [2.75, 3.05) is 13.1 Å². The first-order valence-corrected chi connectivity index (χ1v) is 4.71. The molecule has 0 aliphatic heterocycles. The molecule has 0 aliphatic carbocycles. The molecule has 66 valence electrons. The van der Waals surface area contributed by atoms with E-state index in [0.717, 1.165) is 11.1 Å². The fourth-order valence-corrected chi connectivity index (χ4v) is 1.70. The molecule has 3 N–H and O–H groups in total. The third-order valence-corrected chi connectivity index (χ3v) is 2.39. The van der Waals surface area contributed by atoms with E-state index in [1.165, 1.54) is 11.3 Å². The van der Waals surface area contributed by atoms with Crippen LogP contribution in [0, 0.1) is 6.92 Å². The van der Waals surface area contributed by atoms with E-state index >= 15 is 0 Å². The zero-order valence-corrected chi connectivity index (χ0v) is 7.78. The summed E-state index contributed by atoms with van der Waals surface area (Å²) < 4.78 is 0. The fraction of sp³-hybridized carbons (Fsp3) is 0.375. The first-order chi connectivity index (χ1) is 5.75. The van der Waals surface area contributed by atoms with Crippen molar-refractivity contribution in [3.05, 3.63) is 21.9 Å². The Morgan fingerprint density at radius 3 is 2.92 bits per heavy atom. The van der Waals surface area contributed by atoms with Crippen LogP contribution in [0.3, 0.4) is 0 Å². The summed E-state index contributed by atoms with van der Waals surface area (Å²) in [5.74, 6) is -0.0285. The topological polar surface area (TPSA) is 55.1 Å². The van der Waals surface area contributed by atoms with Gasteiger partial charge in [-0.25, -0.2) is 0 Å². The molecule has 0 saturated heterocycles. The molecule has 12 heavy (non-hydrogen) atoms. The summed E-state index contributed by atoms with van der Waals surface area (Å²) in [5, 5.41) is 6.52. The second-order valence-electron chi connectivity index (χ2n) is 2.51. The van der Waals surface area contributed by atoms with Crippen molar-refractivity contribution in [2.24, 2.45) is 5.73 Å². The highest BCUT2D eigenvalue weighted by Crippen LogP contribution is 2.12. The minimum Gasteiger partial charge on any atom is -0.351 e. The number of nitrogens with one attached hydrogen (secondary N) is 1. The quantitative estimate of drug-likeness (QED) is 0.728.